The highest BCUT2D eigenvalue weighted by Gasteiger charge is 2.38. The minimum absolute atomic E-state index is 0.305. The number of anilines is 1. The lowest BCUT2D eigenvalue weighted by Crippen LogP contribution is -2.18. The minimum atomic E-state index is -4.91. The van der Waals surface area contributed by atoms with Crippen molar-refractivity contribution in [2.24, 2.45) is 5.10 Å². The van der Waals surface area contributed by atoms with Gasteiger partial charge in [-0.1, -0.05) is 28.4 Å². The second kappa shape index (κ2) is 9.13. The van der Waals surface area contributed by atoms with E-state index < -0.39 is 29.4 Å². The molecule has 13 heteroatoms. The van der Waals surface area contributed by atoms with Crippen LogP contribution in [0.25, 0.3) is 11.3 Å². The molecule has 32 heavy (non-hydrogen) atoms. The highest BCUT2D eigenvalue weighted by atomic mass is 35.5. The van der Waals surface area contributed by atoms with Crippen molar-refractivity contribution in [2.75, 3.05) is 12.5 Å². The Morgan fingerprint density at radius 3 is 2.62 bits per heavy atom. The summed E-state index contributed by atoms with van der Waals surface area (Å²) >= 11 is 12.2. The van der Waals surface area contributed by atoms with Crippen molar-refractivity contribution >= 4 is 40.8 Å². The first kappa shape index (κ1) is 23.5. The van der Waals surface area contributed by atoms with Crippen LogP contribution >= 0.6 is 23.2 Å². The fourth-order valence-corrected chi connectivity index (χ4v) is 3.26. The molecule has 1 aromatic carbocycles. The van der Waals surface area contributed by atoms with Crippen LogP contribution in [-0.2, 0) is 10.9 Å². The number of halogens is 5. The van der Waals surface area contributed by atoms with Crippen LogP contribution in [0.1, 0.15) is 34.3 Å². The lowest BCUT2D eigenvalue weighted by Gasteiger charge is -2.11. The number of hydrogen-bond donors (Lipinski definition) is 1. The normalized spacial score (nSPS) is 12.1. The molecule has 8 nitrogen and oxygen atoms in total. The summed E-state index contributed by atoms with van der Waals surface area (Å²) in [6.07, 6.45) is -4.20. The maximum absolute atomic E-state index is 13.3. The molecule has 2 aromatic heterocycles. The molecule has 2 heterocycles. The Morgan fingerprint density at radius 1 is 1.28 bits per heavy atom. The zero-order chi connectivity index (χ0) is 23.6. The van der Waals surface area contributed by atoms with Gasteiger partial charge in [-0.3, -0.25) is 0 Å². The number of nitrogens with zero attached hydrogens (tertiary/aromatic N) is 4. The Bertz CT molecular complexity index is 1210. The molecule has 0 spiro atoms. The number of hydrogen-bond acceptors (Lipinski definition) is 8. The minimum Gasteiger partial charge on any atom is -0.465 e. The van der Waals surface area contributed by atoms with Crippen molar-refractivity contribution in [3.63, 3.8) is 0 Å². The molecule has 0 amide bonds. The number of aromatic nitrogens is 3. The van der Waals surface area contributed by atoms with Gasteiger partial charge in [-0.15, -0.1) is 0 Å². The van der Waals surface area contributed by atoms with Gasteiger partial charge in [-0.2, -0.15) is 18.3 Å². The van der Waals surface area contributed by atoms with Crippen LogP contribution in [0, 0.1) is 6.92 Å². The SMILES string of the molecule is COC(=O)c1cnc(N/N=C(\C)c2c(-c3ccc(Cl)cc3Cl)noc2C)nc1C(F)(F)F. The summed E-state index contributed by atoms with van der Waals surface area (Å²) in [6, 6.07) is 4.80. The van der Waals surface area contributed by atoms with Crippen LogP contribution in [0.4, 0.5) is 19.1 Å². The van der Waals surface area contributed by atoms with Crippen molar-refractivity contribution < 1.29 is 27.2 Å². The Labute approximate surface area is 189 Å². The van der Waals surface area contributed by atoms with Crippen molar-refractivity contribution in [3.05, 3.63) is 57.0 Å². The molecule has 0 aliphatic heterocycles. The molecule has 168 valence electrons. The van der Waals surface area contributed by atoms with Crippen LogP contribution in [0.3, 0.4) is 0 Å². The first-order chi connectivity index (χ1) is 15.0. The fourth-order valence-electron chi connectivity index (χ4n) is 2.76. The van der Waals surface area contributed by atoms with E-state index in [9.17, 15) is 18.0 Å². The van der Waals surface area contributed by atoms with Crippen LogP contribution in [-0.4, -0.2) is 33.9 Å². The zero-order valence-corrected chi connectivity index (χ0v) is 18.2. The quantitative estimate of drug-likeness (QED) is 0.292. The number of rotatable bonds is 5. The second-order valence-electron chi connectivity index (χ2n) is 6.34. The van der Waals surface area contributed by atoms with E-state index in [0.717, 1.165) is 7.11 Å². The Balaban J connectivity index is 1.97. The van der Waals surface area contributed by atoms with Crippen LogP contribution in [0.2, 0.25) is 10.0 Å². The van der Waals surface area contributed by atoms with Crippen LogP contribution in [0.5, 0.6) is 0 Å². The molecule has 3 rings (SSSR count). The number of methoxy groups -OCH3 is 1. The number of carbonyl (C=O) groups excluding carboxylic acids is 1. The largest absolute Gasteiger partial charge is 0.465 e. The third kappa shape index (κ3) is 4.83. The number of hydrazone groups is 1. The van der Waals surface area contributed by atoms with Gasteiger partial charge in [0.25, 0.3) is 0 Å². The number of ether oxygens (including phenoxy) is 1. The Morgan fingerprint density at radius 2 is 2.00 bits per heavy atom. The number of alkyl halides is 3. The van der Waals surface area contributed by atoms with E-state index in [0.29, 0.717) is 44.5 Å². The Hall–Kier alpha value is -3.18. The van der Waals surface area contributed by atoms with Gasteiger partial charge < -0.3 is 9.26 Å². The van der Waals surface area contributed by atoms with Gasteiger partial charge in [0, 0.05) is 16.8 Å². The highest BCUT2D eigenvalue weighted by Crippen LogP contribution is 2.34. The van der Waals surface area contributed by atoms with Crippen LogP contribution < -0.4 is 5.43 Å². The van der Waals surface area contributed by atoms with E-state index in [4.69, 9.17) is 27.7 Å². The number of nitrogens with one attached hydrogen (secondary N) is 1. The molecular weight excluding hydrogens is 474 g/mol. The monoisotopic (exact) mass is 487 g/mol. The molecule has 0 saturated heterocycles. The summed E-state index contributed by atoms with van der Waals surface area (Å²) < 4.78 is 49.5. The number of aryl methyl sites for hydroxylation is 1. The molecule has 0 aliphatic carbocycles. The van der Waals surface area contributed by atoms with Crippen molar-refractivity contribution in [3.8, 4) is 11.3 Å². The van der Waals surface area contributed by atoms with Crippen LogP contribution in [0.15, 0.2) is 34.0 Å². The third-order valence-corrected chi connectivity index (χ3v) is 4.74. The summed E-state index contributed by atoms with van der Waals surface area (Å²) in [4.78, 5) is 18.6. The summed E-state index contributed by atoms with van der Waals surface area (Å²) in [7, 11) is 0.952. The summed E-state index contributed by atoms with van der Waals surface area (Å²) in [5, 5.41) is 8.79. The highest BCUT2D eigenvalue weighted by molar-refractivity contribution is 6.36. The predicted molar refractivity (Wildman–Crippen MR) is 111 cm³/mol. The first-order valence-electron chi connectivity index (χ1n) is 8.77. The zero-order valence-electron chi connectivity index (χ0n) is 16.7. The molecule has 0 fully saturated rings. The third-order valence-electron chi connectivity index (χ3n) is 4.20. The summed E-state index contributed by atoms with van der Waals surface area (Å²) in [6.45, 7) is 3.21. The molecule has 1 N–H and O–H groups in total. The molecule has 0 saturated carbocycles. The lowest BCUT2D eigenvalue weighted by molar-refractivity contribution is -0.141. The van der Waals surface area contributed by atoms with Gasteiger partial charge in [0.15, 0.2) is 5.69 Å². The van der Waals surface area contributed by atoms with Gasteiger partial charge in [-0.25, -0.2) is 20.2 Å². The average Bonchev–Trinajstić information content (AvgIpc) is 3.11. The average molecular weight is 488 g/mol. The predicted octanol–water partition coefficient (Wildman–Crippen LogP) is 5.39. The van der Waals surface area contributed by atoms with Crippen molar-refractivity contribution in [1.29, 1.82) is 0 Å². The summed E-state index contributed by atoms with van der Waals surface area (Å²) in [5.41, 5.74) is 1.73. The molecule has 0 aliphatic rings. The molecule has 0 unspecified atom stereocenters. The van der Waals surface area contributed by atoms with E-state index in [1.165, 1.54) is 6.07 Å². The van der Waals surface area contributed by atoms with E-state index >= 15 is 0 Å². The van der Waals surface area contributed by atoms with Crippen molar-refractivity contribution in [2.45, 2.75) is 20.0 Å². The maximum Gasteiger partial charge on any atom is 0.434 e. The van der Waals surface area contributed by atoms with Gasteiger partial charge in [0.1, 0.15) is 17.0 Å². The molecule has 0 radical (unpaired) electrons. The van der Waals surface area contributed by atoms with E-state index in [-0.39, 0.29) is 0 Å². The van der Waals surface area contributed by atoms with Gasteiger partial charge in [0.2, 0.25) is 5.95 Å². The number of carbonyl (C=O) groups is 1. The van der Waals surface area contributed by atoms with E-state index in [1.54, 1.807) is 26.0 Å². The number of benzene rings is 1. The summed E-state index contributed by atoms with van der Waals surface area (Å²) in [5.74, 6) is -1.30. The molecular formula is C19H14Cl2F3N5O3. The molecule has 0 atom stereocenters. The standard InChI is InChI=1S/C19H14Cl2F3N5O3/c1-8(14-9(2)32-29-15(14)11-5-4-10(20)6-13(11)21)27-28-18-25-7-12(17(30)31-3)16(26-18)19(22,23)24/h4-7H,1-3H3,(H,25,26,28)/b27-8+. The smallest absolute Gasteiger partial charge is 0.434 e. The van der Waals surface area contributed by atoms with Gasteiger partial charge in [0.05, 0.1) is 23.4 Å². The lowest BCUT2D eigenvalue weighted by atomic mass is 10.0. The Kier molecular flexibility index (Phi) is 6.70. The van der Waals surface area contributed by atoms with Gasteiger partial charge >= 0.3 is 12.1 Å². The second-order valence-corrected chi connectivity index (χ2v) is 7.18. The van der Waals surface area contributed by atoms with E-state index in [1.807, 2.05) is 0 Å². The van der Waals surface area contributed by atoms with Gasteiger partial charge in [-0.05, 0) is 32.0 Å². The number of esters is 1. The molecule has 0 bridgehead atoms. The van der Waals surface area contributed by atoms with Crippen molar-refractivity contribution in [1.82, 2.24) is 15.1 Å². The molecule has 3 aromatic rings. The topological polar surface area (TPSA) is 102 Å². The van der Waals surface area contributed by atoms with E-state index in [2.05, 4.69) is 30.4 Å². The first-order valence-corrected chi connectivity index (χ1v) is 9.53. The maximum atomic E-state index is 13.3. The fraction of sp³-hybridized carbons (Fsp3) is 0.211.